The van der Waals surface area contributed by atoms with Crippen molar-refractivity contribution in [1.29, 1.82) is 0 Å². The summed E-state index contributed by atoms with van der Waals surface area (Å²) < 4.78 is 0. The number of anilines is 1. The van der Waals surface area contributed by atoms with Gasteiger partial charge in [0, 0.05) is 23.7 Å². The second-order valence-electron chi connectivity index (χ2n) is 4.72. The lowest BCUT2D eigenvalue weighted by Gasteiger charge is -2.05. The maximum atomic E-state index is 5.73. The fourth-order valence-electron chi connectivity index (χ4n) is 2.16. The topological polar surface area (TPSA) is 51.8 Å². The average molecular weight is 249 g/mol. The van der Waals surface area contributed by atoms with Crippen LogP contribution in [0.15, 0.2) is 48.7 Å². The first-order valence-corrected chi connectivity index (χ1v) is 6.28. The van der Waals surface area contributed by atoms with Crippen LogP contribution in [0.4, 0.5) is 5.82 Å². The molecule has 0 atom stereocenters. The molecule has 0 spiro atoms. The molecule has 0 aliphatic carbocycles. The summed E-state index contributed by atoms with van der Waals surface area (Å²) in [6, 6.07) is 14.4. The largest absolute Gasteiger partial charge is 0.383 e. The minimum absolute atomic E-state index is 0.593. The van der Waals surface area contributed by atoms with Gasteiger partial charge in [-0.05, 0) is 30.2 Å². The Morgan fingerprint density at radius 2 is 1.95 bits per heavy atom. The molecule has 0 saturated heterocycles. The van der Waals surface area contributed by atoms with Crippen LogP contribution >= 0.6 is 0 Å². The molecular formula is C16H15N3. The molecule has 94 valence electrons. The predicted octanol–water partition coefficient (Wildman–Crippen LogP) is 3.11. The monoisotopic (exact) mass is 249 g/mol. The fraction of sp³-hybridized carbons (Fsp3) is 0.125. The van der Waals surface area contributed by atoms with Gasteiger partial charge in [-0.3, -0.25) is 4.98 Å². The molecule has 1 aromatic carbocycles. The van der Waals surface area contributed by atoms with Gasteiger partial charge in [-0.1, -0.05) is 30.3 Å². The smallest absolute Gasteiger partial charge is 0.126 e. The zero-order valence-corrected chi connectivity index (χ0v) is 10.8. The summed E-state index contributed by atoms with van der Waals surface area (Å²) in [7, 11) is 0. The Morgan fingerprint density at radius 1 is 1.11 bits per heavy atom. The average Bonchev–Trinajstić information content (AvgIpc) is 2.43. The first-order chi connectivity index (χ1) is 9.22. The third-order valence-electron chi connectivity index (χ3n) is 3.22. The first-order valence-electron chi connectivity index (χ1n) is 6.28. The lowest BCUT2D eigenvalue weighted by molar-refractivity contribution is 1.07. The van der Waals surface area contributed by atoms with Gasteiger partial charge in [0.15, 0.2) is 0 Å². The maximum Gasteiger partial charge on any atom is 0.126 e. The molecule has 2 N–H and O–H groups in total. The molecule has 3 rings (SSSR count). The quantitative estimate of drug-likeness (QED) is 0.759. The highest BCUT2D eigenvalue weighted by atomic mass is 14.8. The van der Waals surface area contributed by atoms with Crippen LogP contribution in [0.1, 0.15) is 16.8 Å². The summed E-state index contributed by atoms with van der Waals surface area (Å²) >= 11 is 0. The molecule has 0 radical (unpaired) electrons. The molecular weight excluding hydrogens is 234 g/mol. The highest BCUT2D eigenvalue weighted by Crippen LogP contribution is 2.16. The van der Waals surface area contributed by atoms with Crippen molar-refractivity contribution in [2.45, 2.75) is 13.3 Å². The Hall–Kier alpha value is -2.42. The maximum absolute atomic E-state index is 5.73. The van der Waals surface area contributed by atoms with Gasteiger partial charge in [0.2, 0.25) is 0 Å². The van der Waals surface area contributed by atoms with E-state index in [1.54, 1.807) is 0 Å². The van der Waals surface area contributed by atoms with E-state index in [9.17, 15) is 0 Å². The van der Waals surface area contributed by atoms with E-state index in [0.29, 0.717) is 5.82 Å². The third-order valence-corrected chi connectivity index (χ3v) is 3.22. The van der Waals surface area contributed by atoms with Crippen molar-refractivity contribution in [1.82, 2.24) is 9.97 Å². The van der Waals surface area contributed by atoms with Crippen molar-refractivity contribution in [2.24, 2.45) is 0 Å². The standard InChI is InChI=1S/C16H15N3/c1-11-8-12(10-18-16(11)17)9-14-7-6-13-4-2-3-5-15(13)19-14/h2-8,10H,9H2,1H3,(H2,17,18). The summed E-state index contributed by atoms with van der Waals surface area (Å²) in [4.78, 5) is 8.85. The van der Waals surface area contributed by atoms with Gasteiger partial charge in [0.1, 0.15) is 5.82 Å². The second-order valence-corrected chi connectivity index (χ2v) is 4.72. The molecule has 0 fully saturated rings. The van der Waals surface area contributed by atoms with Gasteiger partial charge in [-0.2, -0.15) is 0 Å². The van der Waals surface area contributed by atoms with Crippen LogP contribution in [0, 0.1) is 6.92 Å². The van der Waals surface area contributed by atoms with Crippen molar-refractivity contribution >= 4 is 16.7 Å². The zero-order chi connectivity index (χ0) is 13.2. The highest BCUT2D eigenvalue weighted by Gasteiger charge is 2.02. The van der Waals surface area contributed by atoms with E-state index in [1.807, 2.05) is 31.3 Å². The number of hydrogen-bond donors (Lipinski definition) is 1. The van der Waals surface area contributed by atoms with Crippen LogP contribution in [0.5, 0.6) is 0 Å². The molecule has 2 heterocycles. The molecule has 3 aromatic rings. The molecule has 0 bridgehead atoms. The number of nitrogens with zero attached hydrogens (tertiary/aromatic N) is 2. The van der Waals surface area contributed by atoms with Gasteiger partial charge < -0.3 is 5.73 Å². The summed E-state index contributed by atoms with van der Waals surface area (Å²) in [5.74, 6) is 0.593. The number of rotatable bonds is 2. The van der Waals surface area contributed by atoms with Crippen molar-refractivity contribution in [3.05, 3.63) is 65.5 Å². The number of nitrogens with two attached hydrogens (primary N) is 1. The van der Waals surface area contributed by atoms with E-state index in [1.165, 1.54) is 0 Å². The van der Waals surface area contributed by atoms with E-state index in [-0.39, 0.29) is 0 Å². The predicted molar refractivity (Wildman–Crippen MR) is 77.9 cm³/mol. The molecule has 0 saturated carbocycles. The molecule has 3 nitrogen and oxygen atoms in total. The van der Waals surface area contributed by atoms with Crippen LogP contribution in [0.25, 0.3) is 10.9 Å². The molecule has 0 amide bonds. The van der Waals surface area contributed by atoms with Crippen molar-refractivity contribution in [2.75, 3.05) is 5.73 Å². The Bertz CT molecular complexity index is 735. The molecule has 0 aliphatic heterocycles. The second kappa shape index (κ2) is 4.69. The number of hydrogen-bond acceptors (Lipinski definition) is 3. The third kappa shape index (κ3) is 2.40. The number of pyridine rings is 2. The minimum Gasteiger partial charge on any atom is -0.383 e. The zero-order valence-electron chi connectivity index (χ0n) is 10.8. The van der Waals surface area contributed by atoms with Gasteiger partial charge in [0.05, 0.1) is 5.52 Å². The molecule has 0 aliphatic rings. The number of para-hydroxylation sites is 1. The number of fused-ring (bicyclic) bond motifs is 1. The van der Waals surface area contributed by atoms with Crippen molar-refractivity contribution < 1.29 is 0 Å². The number of benzene rings is 1. The lowest BCUT2D eigenvalue weighted by Crippen LogP contribution is -1.98. The van der Waals surface area contributed by atoms with E-state index < -0.39 is 0 Å². The Labute approximate surface area is 112 Å². The highest BCUT2D eigenvalue weighted by molar-refractivity contribution is 5.78. The van der Waals surface area contributed by atoms with Crippen LogP contribution in [0.2, 0.25) is 0 Å². The number of aryl methyl sites for hydroxylation is 1. The van der Waals surface area contributed by atoms with Gasteiger partial charge >= 0.3 is 0 Å². The fourth-order valence-corrected chi connectivity index (χ4v) is 2.16. The van der Waals surface area contributed by atoms with Crippen molar-refractivity contribution in [3.8, 4) is 0 Å². The summed E-state index contributed by atoms with van der Waals surface area (Å²) in [5.41, 5.74) is 9.95. The molecule has 19 heavy (non-hydrogen) atoms. The molecule has 0 unspecified atom stereocenters. The SMILES string of the molecule is Cc1cc(Cc2ccc3ccccc3n2)cnc1N. The Morgan fingerprint density at radius 3 is 2.79 bits per heavy atom. The normalized spacial score (nSPS) is 10.8. The minimum atomic E-state index is 0.593. The van der Waals surface area contributed by atoms with Gasteiger partial charge in [-0.15, -0.1) is 0 Å². The summed E-state index contributed by atoms with van der Waals surface area (Å²) in [6.07, 6.45) is 2.60. The number of nitrogen functional groups attached to an aromatic ring is 1. The van der Waals surface area contributed by atoms with Crippen LogP contribution < -0.4 is 5.73 Å². The molecule has 2 aromatic heterocycles. The van der Waals surface area contributed by atoms with Crippen LogP contribution in [-0.4, -0.2) is 9.97 Å². The first kappa shape index (κ1) is 11.7. The van der Waals surface area contributed by atoms with Crippen LogP contribution in [-0.2, 0) is 6.42 Å². The summed E-state index contributed by atoms with van der Waals surface area (Å²) in [6.45, 7) is 1.97. The van der Waals surface area contributed by atoms with Gasteiger partial charge in [0.25, 0.3) is 0 Å². The lowest BCUT2D eigenvalue weighted by atomic mass is 10.1. The van der Waals surface area contributed by atoms with Crippen LogP contribution in [0.3, 0.4) is 0 Å². The van der Waals surface area contributed by atoms with E-state index in [4.69, 9.17) is 5.73 Å². The number of aromatic nitrogens is 2. The summed E-state index contributed by atoms with van der Waals surface area (Å²) in [5, 5.41) is 1.16. The van der Waals surface area contributed by atoms with E-state index in [2.05, 4.69) is 34.2 Å². The van der Waals surface area contributed by atoms with Gasteiger partial charge in [-0.25, -0.2) is 4.98 Å². The van der Waals surface area contributed by atoms with E-state index >= 15 is 0 Å². The van der Waals surface area contributed by atoms with Crippen molar-refractivity contribution in [3.63, 3.8) is 0 Å². The van der Waals surface area contributed by atoms with E-state index in [0.717, 1.165) is 34.1 Å². The Kier molecular flexibility index (Phi) is 2.88. The Balaban J connectivity index is 1.94. The molecule has 3 heteroatoms.